The van der Waals surface area contributed by atoms with Crippen LogP contribution in [-0.4, -0.2) is 33.9 Å². The maximum absolute atomic E-state index is 13.0. The van der Waals surface area contributed by atoms with Crippen molar-refractivity contribution in [2.24, 2.45) is 0 Å². The summed E-state index contributed by atoms with van der Waals surface area (Å²) < 4.78 is 0. The zero-order valence-corrected chi connectivity index (χ0v) is 20.2. The van der Waals surface area contributed by atoms with Crippen LogP contribution in [0.4, 0.5) is 5.69 Å². The number of carbonyl (C=O) groups is 1. The summed E-state index contributed by atoms with van der Waals surface area (Å²) in [7, 11) is 0. The molecule has 1 N–H and O–H groups in total. The number of thiazole rings is 1. The molecule has 1 aliphatic heterocycles. The lowest BCUT2D eigenvalue weighted by molar-refractivity contribution is 0.102. The summed E-state index contributed by atoms with van der Waals surface area (Å²) in [6, 6.07) is 19.5. The van der Waals surface area contributed by atoms with Crippen molar-refractivity contribution in [3.05, 3.63) is 99.7 Å². The number of hydrogen-bond donors (Lipinski definition) is 1. The molecule has 0 spiro atoms. The third kappa shape index (κ3) is 5.36. The average Bonchev–Trinajstić information content (AvgIpc) is 3.37. The molecular weight excluding hydrogens is 464 g/mol. The summed E-state index contributed by atoms with van der Waals surface area (Å²) >= 11 is 7.62. The summed E-state index contributed by atoms with van der Waals surface area (Å²) in [6.45, 7) is 2.98. The molecule has 0 atom stereocenters. The van der Waals surface area contributed by atoms with Crippen LogP contribution >= 0.6 is 22.9 Å². The summed E-state index contributed by atoms with van der Waals surface area (Å²) in [5.41, 5.74) is 4.42. The van der Waals surface area contributed by atoms with Crippen molar-refractivity contribution in [3.8, 4) is 11.1 Å². The topological polar surface area (TPSA) is 58.1 Å². The van der Waals surface area contributed by atoms with Crippen molar-refractivity contribution in [3.63, 3.8) is 0 Å². The SMILES string of the molecule is O=C(Nc1ccccc1-c1ccc(Cl)cc1)c1csc(C2CCN(Cc3cccnc3)CC2)n1. The highest BCUT2D eigenvalue weighted by Crippen LogP contribution is 2.32. The minimum Gasteiger partial charge on any atom is -0.320 e. The second-order valence-corrected chi connectivity index (χ2v) is 9.82. The highest BCUT2D eigenvalue weighted by atomic mass is 35.5. The van der Waals surface area contributed by atoms with Crippen molar-refractivity contribution in [2.45, 2.75) is 25.3 Å². The number of nitrogens with zero attached hydrogens (tertiary/aromatic N) is 3. The molecule has 0 radical (unpaired) electrons. The van der Waals surface area contributed by atoms with Crippen molar-refractivity contribution < 1.29 is 4.79 Å². The maximum atomic E-state index is 13.0. The Kier molecular flexibility index (Phi) is 7.00. The highest BCUT2D eigenvalue weighted by Gasteiger charge is 2.24. The predicted molar refractivity (Wildman–Crippen MR) is 138 cm³/mol. The van der Waals surface area contributed by atoms with Crippen LogP contribution in [0.25, 0.3) is 11.1 Å². The third-order valence-electron chi connectivity index (χ3n) is 6.15. The largest absolute Gasteiger partial charge is 0.320 e. The van der Waals surface area contributed by atoms with E-state index in [1.807, 2.05) is 72.4 Å². The van der Waals surface area contributed by atoms with E-state index < -0.39 is 0 Å². The lowest BCUT2D eigenvalue weighted by Crippen LogP contribution is -2.32. The maximum Gasteiger partial charge on any atom is 0.275 e. The molecule has 1 saturated heterocycles. The van der Waals surface area contributed by atoms with Crippen molar-refractivity contribution >= 4 is 34.5 Å². The van der Waals surface area contributed by atoms with Crippen LogP contribution < -0.4 is 5.32 Å². The van der Waals surface area contributed by atoms with Crippen LogP contribution in [-0.2, 0) is 6.54 Å². The monoisotopic (exact) mass is 488 g/mol. The first-order valence-electron chi connectivity index (χ1n) is 11.4. The molecule has 34 heavy (non-hydrogen) atoms. The summed E-state index contributed by atoms with van der Waals surface area (Å²) in [5, 5.41) is 6.66. The number of hydrogen-bond acceptors (Lipinski definition) is 5. The molecule has 2 aromatic carbocycles. The van der Waals surface area contributed by atoms with Gasteiger partial charge in [-0.1, -0.05) is 48.0 Å². The molecule has 1 amide bonds. The van der Waals surface area contributed by atoms with E-state index in [4.69, 9.17) is 16.6 Å². The zero-order valence-electron chi connectivity index (χ0n) is 18.7. The van der Waals surface area contributed by atoms with Crippen LogP contribution in [0.2, 0.25) is 5.02 Å². The van der Waals surface area contributed by atoms with Crippen LogP contribution in [0.1, 0.15) is 39.8 Å². The van der Waals surface area contributed by atoms with Gasteiger partial charge in [0.25, 0.3) is 5.91 Å². The summed E-state index contributed by atoms with van der Waals surface area (Å²) in [5.74, 6) is 0.218. The number of nitrogens with one attached hydrogen (secondary N) is 1. The Morgan fingerprint density at radius 3 is 2.62 bits per heavy atom. The second-order valence-electron chi connectivity index (χ2n) is 8.49. The fourth-order valence-corrected chi connectivity index (χ4v) is 5.42. The first-order valence-corrected chi connectivity index (χ1v) is 12.6. The average molecular weight is 489 g/mol. The van der Waals surface area contributed by atoms with E-state index >= 15 is 0 Å². The minimum absolute atomic E-state index is 0.182. The Hall–Kier alpha value is -3.06. The first-order chi connectivity index (χ1) is 16.7. The first kappa shape index (κ1) is 22.7. The normalized spacial score (nSPS) is 14.7. The Morgan fingerprint density at radius 2 is 1.85 bits per heavy atom. The van der Waals surface area contributed by atoms with E-state index in [0.717, 1.165) is 54.3 Å². The Morgan fingerprint density at radius 1 is 1.06 bits per heavy atom. The van der Waals surface area contributed by atoms with Gasteiger partial charge in [0, 0.05) is 46.5 Å². The lowest BCUT2D eigenvalue weighted by atomic mass is 9.97. The van der Waals surface area contributed by atoms with E-state index in [9.17, 15) is 4.79 Å². The van der Waals surface area contributed by atoms with Crippen molar-refractivity contribution in [1.29, 1.82) is 0 Å². The smallest absolute Gasteiger partial charge is 0.275 e. The van der Waals surface area contributed by atoms with Gasteiger partial charge in [-0.3, -0.25) is 14.7 Å². The summed E-state index contributed by atoms with van der Waals surface area (Å²) in [4.78, 5) is 24.4. The number of anilines is 1. The fourth-order valence-electron chi connectivity index (χ4n) is 4.33. The van der Waals surface area contributed by atoms with E-state index in [2.05, 4.69) is 21.3 Å². The van der Waals surface area contributed by atoms with Gasteiger partial charge in [0.15, 0.2) is 0 Å². The quantitative estimate of drug-likeness (QED) is 0.337. The van der Waals surface area contributed by atoms with Gasteiger partial charge in [-0.25, -0.2) is 4.98 Å². The number of carbonyl (C=O) groups excluding carboxylic acids is 1. The Balaban J connectivity index is 1.22. The van der Waals surface area contributed by atoms with Gasteiger partial charge in [0.2, 0.25) is 0 Å². The molecule has 2 aromatic heterocycles. The van der Waals surface area contributed by atoms with Gasteiger partial charge in [0.05, 0.1) is 5.01 Å². The van der Waals surface area contributed by atoms with Crippen LogP contribution in [0.5, 0.6) is 0 Å². The lowest BCUT2D eigenvalue weighted by Gasteiger charge is -2.30. The van der Waals surface area contributed by atoms with Crippen molar-refractivity contribution in [1.82, 2.24) is 14.9 Å². The number of piperidine rings is 1. The van der Waals surface area contributed by atoms with E-state index in [0.29, 0.717) is 16.6 Å². The van der Waals surface area contributed by atoms with E-state index in [1.165, 1.54) is 5.56 Å². The standard InChI is InChI=1S/C27H25ClN4OS/c28-22-9-7-20(8-10-22)23-5-1-2-6-24(23)30-26(33)25-18-34-27(31-25)21-11-14-32(15-12-21)17-19-4-3-13-29-16-19/h1-10,13,16,18,21H,11-12,14-15,17H2,(H,30,33). The van der Waals surface area contributed by atoms with Gasteiger partial charge in [-0.15, -0.1) is 11.3 Å². The third-order valence-corrected chi connectivity index (χ3v) is 7.41. The van der Waals surface area contributed by atoms with E-state index in [1.54, 1.807) is 11.3 Å². The number of likely N-dealkylation sites (tertiary alicyclic amines) is 1. The molecule has 0 aliphatic carbocycles. The summed E-state index contributed by atoms with van der Waals surface area (Å²) in [6.07, 6.45) is 5.84. The van der Waals surface area contributed by atoms with Gasteiger partial charge in [0.1, 0.15) is 5.69 Å². The molecule has 4 aromatic rings. The molecule has 0 unspecified atom stereocenters. The van der Waals surface area contributed by atoms with Crippen LogP contribution in [0.15, 0.2) is 78.4 Å². The molecular formula is C27H25ClN4OS. The molecule has 3 heterocycles. The predicted octanol–water partition coefficient (Wildman–Crippen LogP) is 6.49. The Labute approximate surface area is 208 Å². The van der Waals surface area contributed by atoms with Crippen LogP contribution in [0, 0.1) is 0 Å². The Bertz CT molecular complexity index is 1250. The van der Waals surface area contributed by atoms with Crippen LogP contribution in [0.3, 0.4) is 0 Å². The second kappa shape index (κ2) is 10.5. The number of para-hydroxylation sites is 1. The molecule has 172 valence electrons. The molecule has 1 fully saturated rings. The molecule has 0 bridgehead atoms. The molecule has 7 heteroatoms. The number of halogens is 1. The minimum atomic E-state index is -0.182. The number of benzene rings is 2. The molecule has 5 rings (SSSR count). The fraction of sp³-hybridized carbons (Fsp3) is 0.222. The van der Waals surface area contributed by atoms with Crippen molar-refractivity contribution in [2.75, 3.05) is 18.4 Å². The number of pyridine rings is 1. The van der Waals surface area contributed by atoms with E-state index in [-0.39, 0.29) is 5.91 Å². The zero-order chi connectivity index (χ0) is 23.3. The number of aromatic nitrogens is 2. The van der Waals surface area contributed by atoms with Gasteiger partial charge < -0.3 is 5.32 Å². The molecule has 0 saturated carbocycles. The highest BCUT2D eigenvalue weighted by molar-refractivity contribution is 7.10. The van der Waals surface area contributed by atoms with Gasteiger partial charge >= 0.3 is 0 Å². The molecule has 5 nitrogen and oxygen atoms in total. The number of rotatable bonds is 6. The molecule has 1 aliphatic rings. The van der Waals surface area contributed by atoms with Gasteiger partial charge in [-0.2, -0.15) is 0 Å². The number of amides is 1. The van der Waals surface area contributed by atoms with Gasteiger partial charge in [-0.05, 0) is 61.3 Å².